The lowest BCUT2D eigenvalue weighted by Crippen LogP contribution is -2.47. The number of nitrogens with zero attached hydrogens (tertiary/aromatic N) is 1. The first-order valence-electron chi connectivity index (χ1n) is 10.8. The van der Waals surface area contributed by atoms with E-state index in [9.17, 15) is 19.2 Å². The summed E-state index contributed by atoms with van der Waals surface area (Å²) in [7, 11) is 0. The van der Waals surface area contributed by atoms with Crippen LogP contribution in [0.4, 0.5) is 9.59 Å². The van der Waals surface area contributed by atoms with Crippen LogP contribution in [0, 0.1) is 0 Å². The zero-order chi connectivity index (χ0) is 24.4. The molecule has 0 saturated carbocycles. The average molecular weight is 462 g/mol. The van der Waals surface area contributed by atoms with Crippen molar-refractivity contribution in [3.63, 3.8) is 0 Å². The van der Waals surface area contributed by atoms with Gasteiger partial charge in [-0.2, -0.15) is 0 Å². The van der Waals surface area contributed by atoms with E-state index >= 15 is 0 Å². The Morgan fingerprint density at radius 2 is 1.53 bits per heavy atom. The number of primary amides is 2. The zero-order valence-electron chi connectivity index (χ0n) is 18.6. The Hall–Kier alpha value is -2.64. The lowest BCUT2D eigenvalue weighted by Gasteiger charge is -2.24. The van der Waals surface area contributed by atoms with Crippen LogP contribution in [0.1, 0.15) is 44.9 Å². The first kappa shape index (κ1) is 29.4. The predicted octanol–water partition coefficient (Wildman–Crippen LogP) is -1.53. The minimum absolute atomic E-state index is 0.0836. The van der Waals surface area contributed by atoms with Gasteiger partial charge >= 0.3 is 12.2 Å². The Bertz CT molecular complexity index is 578. The van der Waals surface area contributed by atoms with E-state index < -0.39 is 36.1 Å². The molecular weight excluding hydrogens is 422 g/mol. The van der Waals surface area contributed by atoms with E-state index in [0.29, 0.717) is 32.4 Å². The van der Waals surface area contributed by atoms with Gasteiger partial charge in [-0.25, -0.2) is 9.59 Å². The second kappa shape index (κ2) is 18.0. The van der Waals surface area contributed by atoms with Crippen molar-refractivity contribution in [1.29, 1.82) is 0 Å². The number of amides is 4. The monoisotopic (exact) mass is 461 g/mol. The van der Waals surface area contributed by atoms with Crippen molar-refractivity contribution >= 4 is 24.0 Å². The molecule has 32 heavy (non-hydrogen) atoms. The summed E-state index contributed by atoms with van der Waals surface area (Å²) >= 11 is 0. The number of unbranched alkanes of at least 4 members (excludes halogenated alkanes) is 2. The van der Waals surface area contributed by atoms with E-state index in [-0.39, 0.29) is 39.1 Å². The number of nitrogens with two attached hydrogens (primary N) is 5. The molecular formula is C19H39N7O6. The first-order chi connectivity index (χ1) is 15.2. The molecule has 0 fully saturated rings. The molecule has 0 unspecified atom stereocenters. The maximum atomic E-state index is 12.5. The lowest BCUT2D eigenvalue weighted by molar-refractivity contribution is -0.123. The second-order valence-corrected chi connectivity index (χ2v) is 7.44. The number of carbonyl (C=O) groups is 4. The van der Waals surface area contributed by atoms with E-state index in [4.69, 9.17) is 38.1 Å². The molecule has 0 spiro atoms. The number of carbonyl (C=O) groups excluding carboxylic acids is 4. The highest BCUT2D eigenvalue weighted by Gasteiger charge is 2.21. The summed E-state index contributed by atoms with van der Waals surface area (Å²) in [6, 6.07) is -1.02. The van der Waals surface area contributed by atoms with Crippen LogP contribution in [-0.4, -0.2) is 80.4 Å². The minimum Gasteiger partial charge on any atom is -0.448 e. The van der Waals surface area contributed by atoms with Crippen molar-refractivity contribution in [1.82, 2.24) is 10.2 Å². The van der Waals surface area contributed by atoms with Crippen LogP contribution in [0.3, 0.4) is 0 Å². The van der Waals surface area contributed by atoms with Gasteiger partial charge in [-0.05, 0) is 45.2 Å². The summed E-state index contributed by atoms with van der Waals surface area (Å²) in [5.41, 5.74) is 26.9. The number of hydrogen-bond donors (Lipinski definition) is 6. The molecule has 13 heteroatoms. The second-order valence-electron chi connectivity index (χ2n) is 7.44. The number of hydrogen-bond acceptors (Lipinski definition) is 9. The molecule has 0 aromatic rings. The summed E-state index contributed by atoms with van der Waals surface area (Å²) in [5, 5.41) is 2.74. The van der Waals surface area contributed by atoms with Crippen LogP contribution in [0.2, 0.25) is 0 Å². The standard InChI is InChI=1S/C19H39N7O6/c20-8-2-1-5-15(13-31-18(24)29)25-17(28)11-26(10-4-3-9-21)19(30)32-12-14(22)6-7-16(23)27/h14-15H,1-13,20-22H2,(H2,23,27)(H2,24,29)(H,25,28)/t14-,15-/m1/s1. The molecule has 0 aromatic carbocycles. The molecule has 0 radical (unpaired) electrons. The molecule has 0 saturated heterocycles. The van der Waals surface area contributed by atoms with Crippen LogP contribution in [-0.2, 0) is 19.1 Å². The van der Waals surface area contributed by atoms with E-state index in [1.807, 2.05) is 0 Å². The molecule has 2 atom stereocenters. The van der Waals surface area contributed by atoms with Gasteiger partial charge in [0, 0.05) is 19.0 Å². The maximum Gasteiger partial charge on any atom is 0.410 e. The molecule has 0 aliphatic carbocycles. The predicted molar refractivity (Wildman–Crippen MR) is 118 cm³/mol. The van der Waals surface area contributed by atoms with Gasteiger partial charge in [0.1, 0.15) is 19.8 Å². The molecule has 11 N–H and O–H groups in total. The highest BCUT2D eigenvalue weighted by molar-refractivity contribution is 5.82. The maximum absolute atomic E-state index is 12.5. The lowest BCUT2D eigenvalue weighted by atomic mass is 10.1. The molecule has 0 aliphatic heterocycles. The molecule has 186 valence electrons. The summed E-state index contributed by atoms with van der Waals surface area (Å²) in [6.45, 7) is 0.743. The van der Waals surface area contributed by atoms with Crippen LogP contribution in [0.5, 0.6) is 0 Å². The summed E-state index contributed by atoms with van der Waals surface area (Å²) < 4.78 is 9.99. The summed E-state index contributed by atoms with van der Waals surface area (Å²) in [6.07, 6.45) is 1.95. The van der Waals surface area contributed by atoms with Crippen molar-refractivity contribution in [2.75, 3.05) is 39.4 Å². The van der Waals surface area contributed by atoms with Crippen LogP contribution in [0.15, 0.2) is 0 Å². The molecule has 4 amide bonds. The van der Waals surface area contributed by atoms with Crippen molar-refractivity contribution in [2.24, 2.45) is 28.7 Å². The third kappa shape index (κ3) is 16.1. The highest BCUT2D eigenvalue weighted by atomic mass is 16.6. The van der Waals surface area contributed by atoms with Gasteiger partial charge in [-0.1, -0.05) is 6.42 Å². The van der Waals surface area contributed by atoms with Crippen molar-refractivity contribution in [3.8, 4) is 0 Å². The molecule has 13 nitrogen and oxygen atoms in total. The first-order valence-corrected chi connectivity index (χ1v) is 10.8. The average Bonchev–Trinajstić information content (AvgIpc) is 2.73. The minimum atomic E-state index is -0.942. The Kier molecular flexibility index (Phi) is 16.5. The van der Waals surface area contributed by atoms with Gasteiger partial charge in [-0.15, -0.1) is 0 Å². The Balaban J connectivity index is 4.84. The Morgan fingerprint density at radius 3 is 2.12 bits per heavy atom. The Morgan fingerprint density at radius 1 is 0.875 bits per heavy atom. The van der Waals surface area contributed by atoms with E-state index in [2.05, 4.69) is 5.32 Å². The van der Waals surface area contributed by atoms with Gasteiger partial charge in [0.25, 0.3) is 0 Å². The largest absolute Gasteiger partial charge is 0.448 e. The number of nitrogens with one attached hydrogen (secondary N) is 1. The van der Waals surface area contributed by atoms with Crippen molar-refractivity contribution < 1.29 is 28.7 Å². The smallest absolute Gasteiger partial charge is 0.410 e. The van der Waals surface area contributed by atoms with Gasteiger partial charge < -0.3 is 43.5 Å². The van der Waals surface area contributed by atoms with Crippen LogP contribution in [0.25, 0.3) is 0 Å². The Labute approximate surface area is 188 Å². The molecule has 0 bridgehead atoms. The topological polar surface area (TPSA) is 232 Å². The van der Waals surface area contributed by atoms with Gasteiger partial charge in [-0.3, -0.25) is 14.5 Å². The molecule has 0 heterocycles. The fraction of sp³-hybridized carbons (Fsp3) is 0.789. The number of rotatable bonds is 18. The van der Waals surface area contributed by atoms with E-state index in [0.717, 1.165) is 12.8 Å². The molecule has 0 rings (SSSR count). The van der Waals surface area contributed by atoms with Crippen LogP contribution >= 0.6 is 0 Å². The fourth-order valence-corrected chi connectivity index (χ4v) is 2.72. The van der Waals surface area contributed by atoms with Gasteiger partial charge in [0.05, 0.1) is 6.04 Å². The summed E-state index contributed by atoms with van der Waals surface area (Å²) in [4.78, 5) is 48.0. The third-order valence-corrected chi connectivity index (χ3v) is 4.46. The number of ether oxygens (including phenoxy) is 2. The molecule has 0 aliphatic rings. The van der Waals surface area contributed by atoms with Gasteiger partial charge in [0.15, 0.2) is 0 Å². The third-order valence-electron chi connectivity index (χ3n) is 4.46. The van der Waals surface area contributed by atoms with Crippen LogP contribution < -0.4 is 34.0 Å². The normalized spacial score (nSPS) is 12.5. The van der Waals surface area contributed by atoms with Crippen molar-refractivity contribution in [2.45, 2.75) is 57.0 Å². The zero-order valence-corrected chi connectivity index (χ0v) is 18.6. The highest BCUT2D eigenvalue weighted by Crippen LogP contribution is 2.04. The quantitative estimate of drug-likeness (QED) is 0.130. The van der Waals surface area contributed by atoms with E-state index in [1.165, 1.54) is 4.90 Å². The summed E-state index contributed by atoms with van der Waals surface area (Å²) in [5.74, 6) is -0.938. The van der Waals surface area contributed by atoms with E-state index in [1.54, 1.807) is 0 Å². The van der Waals surface area contributed by atoms with Gasteiger partial charge in [0.2, 0.25) is 11.8 Å². The molecule has 0 aromatic heterocycles. The SMILES string of the molecule is NCCCC[C@H](COC(N)=O)NC(=O)CN(CCCCN)C(=O)OC[C@H](N)CCC(N)=O. The fourth-order valence-electron chi connectivity index (χ4n) is 2.72. The van der Waals surface area contributed by atoms with Crippen molar-refractivity contribution in [3.05, 3.63) is 0 Å².